The van der Waals surface area contributed by atoms with Crippen LogP contribution in [0.5, 0.6) is 5.75 Å². The number of ether oxygens (including phenoxy) is 1. The highest BCUT2D eigenvalue weighted by molar-refractivity contribution is 9.10. The molecule has 1 aromatic heterocycles. The van der Waals surface area contributed by atoms with Gasteiger partial charge in [-0.3, -0.25) is 4.90 Å². The largest absolute Gasteiger partial charge is 0.491 e. The molecule has 1 atom stereocenters. The lowest BCUT2D eigenvalue weighted by Gasteiger charge is -2.24. The molecule has 0 saturated carbocycles. The van der Waals surface area contributed by atoms with Crippen molar-refractivity contribution >= 4 is 21.7 Å². The second-order valence-electron chi connectivity index (χ2n) is 6.96. The molecule has 2 heterocycles. The third kappa shape index (κ3) is 6.58. The number of aliphatic hydroxyl groups is 1. The zero-order valence-corrected chi connectivity index (χ0v) is 17.4. The van der Waals surface area contributed by atoms with Gasteiger partial charge in [0, 0.05) is 36.8 Å². The third-order valence-electron chi connectivity index (χ3n) is 4.71. The predicted octanol–water partition coefficient (Wildman–Crippen LogP) is 3.81. The maximum atomic E-state index is 12.7. The van der Waals surface area contributed by atoms with Gasteiger partial charge in [-0.15, -0.1) is 0 Å². The quantitative estimate of drug-likeness (QED) is 0.690. The molecule has 0 aliphatic carbocycles. The van der Waals surface area contributed by atoms with Crippen LogP contribution in [0.2, 0.25) is 0 Å². The third-order valence-corrected chi connectivity index (χ3v) is 5.24. The lowest BCUT2D eigenvalue weighted by atomic mass is 10.2. The molecule has 9 heteroatoms. The van der Waals surface area contributed by atoms with E-state index in [4.69, 9.17) is 4.74 Å². The number of halogens is 4. The number of hydrogen-bond donors (Lipinski definition) is 1. The molecule has 0 amide bonds. The monoisotopic (exact) mass is 473 g/mol. The predicted molar refractivity (Wildman–Crippen MR) is 108 cm³/mol. The van der Waals surface area contributed by atoms with Crippen molar-refractivity contribution in [3.8, 4) is 5.75 Å². The van der Waals surface area contributed by atoms with Gasteiger partial charge in [-0.25, -0.2) is 4.98 Å². The molecular weight excluding hydrogens is 451 g/mol. The molecule has 2 aromatic rings. The minimum Gasteiger partial charge on any atom is -0.491 e. The van der Waals surface area contributed by atoms with Crippen LogP contribution in [0.15, 0.2) is 47.1 Å². The Morgan fingerprint density at radius 3 is 2.48 bits per heavy atom. The molecule has 29 heavy (non-hydrogen) atoms. The van der Waals surface area contributed by atoms with Gasteiger partial charge in [-0.05, 0) is 49.4 Å². The minimum atomic E-state index is -4.38. The number of β-amino-alcohol motifs (C(OH)–C–C–N with tert-alkyl or cyclic N) is 1. The molecule has 3 rings (SSSR count). The molecular formula is C20H23BrF3N3O2. The summed E-state index contributed by atoms with van der Waals surface area (Å²) in [4.78, 5) is 8.10. The second-order valence-corrected chi connectivity index (χ2v) is 7.88. The summed E-state index contributed by atoms with van der Waals surface area (Å²) in [5.41, 5.74) is -0.744. The molecule has 1 fully saturated rings. The van der Waals surface area contributed by atoms with E-state index in [1.54, 1.807) is 0 Å². The van der Waals surface area contributed by atoms with E-state index in [0.717, 1.165) is 29.7 Å². The van der Waals surface area contributed by atoms with Gasteiger partial charge >= 0.3 is 6.18 Å². The number of aliphatic hydroxyl groups excluding tert-OH is 1. The van der Waals surface area contributed by atoms with E-state index in [1.807, 2.05) is 29.2 Å². The van der Waals surface area contributed by atoms with Crippen molar-refractivity contribution in [2.24, 2.45) is 0 Å². The number of nitrogens with zero attached hydrogens (tertiary/aromatic N) is 3. The van der Waals surface area contributed by atoms with Gasteiger partial charge in [0.15, 0.2) is 0 Å². The van der Waals surface area contributed by atoms with Gasteiger partial charge in [0.25, 0.3) is 0 Å². The van der Waals surface area contributed by atoms with Gasteiger partial charge < -0.3 is 14.7 Å². The number of anilines is 1. The van der Waals surface area contributed by atoms with E-state index >= 15 is 0 Å². The maximum Gasteiger partial charge on any atom is 0.417 e. The molecule has 1 N–H and O–H groups in total. The van der Waals surface area contributed by atoms with Gasteiger partial charge in [-0.1, -0.05) is 15.9 Å². The van der Waals surface area contributed by atoms with E-state index < -0.39 is 17.8 Å². The Morgan fingerprint density at radius 1 is 1.07 bits per heavy atom. The highest BCUT2D eigenvalue weighted by Crippen LogP contribution is 2.29. The first-order chi connectivity index (χ1) is 13.8. The van der Waals surface area contributed by atoms with E-state index in [0.29, 0.717) is 37.7 Å². The Balaban J connectivity index is 1.47. The van der Waals surface area contributed by atoms with Crippen LogP contribution in [0, 0.1) is 0 Å². The molecule has 1 unspecified atom stereocenters. The van der Waals surface area contributed by atoms with Crippen molar-refractivity contribution in [1.29, 1.82) is 0 Å². The second kappa shape index (κ2) is 9.77. The molecule has 5 nitrogen and oxygen atoms in total. The van der Waals surface area contributed by atoms with E-state index in [9.17, 15) is 18.3 Å². The van der Waals surface area contributed by atoms with E-state index in [-0.39, 0.29) is 6.61 Å². The summed E-state index contributed by atoms with van der Waals surface area (Å²) < 4.78 is 44.7. The summed E-state index contributed by atoms with van der Waals surface area (Å²) in [7, 11) is 0. The molecule has 1 aliphatic heterocycles. The van der Waals surface area contributed by atoms with Crippen molar-refractivity contribution < 1.29 is 23.0 Å². The van der Waals surface area contributed by atoms with Crippen molar-refractivity contribution in [3.63, 3.8) is 0 Å². The molecule has 0 radical (unpaired) electrons. The van der Waals surface area contributed by atoms with Crippen molar-refractivity contribution in [2.45, 2.75) is 18.7 Å². The fourth-order valence-electron chi connectivity index (χ4n) is 3.20. The lowest BCUT2D eigenvalue weighted by molar-refractivity contribution is -0.137. The van der Waals surface area contributed by atoms with E-state index in [1.165, 1.54) is 6.07 Å². The number of aromatic nitrogens is 1. The fourth-order valence-corrected chi connectivity index (χ4v) is 3.46. The number of rotatable bonds is 6. The molecule has 0 bridgehead atoms. The summed E-state index contributed by atoms with van der Waals surface area (Å²) >= 11 is 3.36. The Kier molecular flexibility index (Phi) is 7.37. The maximum absolute atomic E-state index is 12.7. The average Bonchev–Trinajstić information content (AvgIpc) is 2.92. The van der Waals surface area contributed by atoms with Crippen molar-refractivity contribution in [3.05, 3.63) is 52.6 Å². The van der Waals surface area contributed by atoms with Crippen LogP contribution in [-0.2, 0) is 6.18 Å². The van der Waals surface area contributed by atoms with Crippen molar-refractivity contribution in [2.75, 3.05) is 44.2 Å². The number of hydrogen-bond acceptors (Lipinski definition) is 5. The standard InChI is InChI=1S/C20H23BrF3N3O2/c21-16-3-5-18(6-4-16)29-14-17(28)13-26-8-1-9-27(11-10-26)19-7-2-15(12-25-19)20(22,23)24/h2-7,12,17,28H,1,8-11,13-14H2. The Bertz CT molecular complexity index is 772. The molecule has 1 aromatic carbocycles. The fraction of sp³-hybridized carbons (Fsp3) is 0.450. The molecule has 158 valence electrons. The van der Waals surface area contributed by atoms with Crippen LogP contribution in [0.4, 0.5) is 19.0 Å². The van der Waals surface area contributed by atoms with Crippen LogP contribution in [0.3, 0.4) is 0 Å². The van der Waals surface area contributed by atoms with Crippen LogP contribution >= 0.6 is 15.9 Å². The molecule has 1 saturated heterocycles. The Hall–Kier alpha value is -1.84. The number of alkyl halides is 3. The number of pyridine rings is 1. The van der Waals surface area contributed by atoms with E-state index in [2.05, 4.69) is 25.8 Å². The zero-order valence-electron chi connectivity index (χ0n) is 15.8. The summed E-state index contributed by atoms with van der Waals surface area (Å²) in [6.07, 6.45) is -3.30. The SMILES string of the molecule is OC(COc1ccc(Br)cc1)CN1CCCN(c2ccc(C(F)(F)F)cn2)CC1. The summed E-state index contributed by atoms with van der Waals surface area (Å²) in [6.45, 7) is 3.51. The van der Waals surface area contributed by atoms with Crippen LogP contribution in [0.25, 0.3) is 0 Å². The van der Waals surface area contributed by atoms with Gasteiger partial charge in [0.1, 0.15) is 24.3 Å². The van der Waals surface area contributed by atoms with Gasteiger partial charge in [-0.2, -0.15) is 13.2 Å². The lowest BCUT2D eigenvalue weighted by Crippen LogP contribution is -2.38. The summed E-state index contributed by atoms with van der Waals surface area (Å²) in [5, 5.41) is 10.3. The van der Waals surface area contributed by atoms with Crippen LogP contribution in [-0.4, -0.2) is 60.4 Å². The van der Waals surface area contributed by atoms with Gasteiger partial charge in [0.05, 0.1) is 5.56 Å². The topological polar surface area (TPSA) is 48.8 Å². The number of benzene rings is 1. The highest BCUT2D eigenvalue weighted by atomic mass is 79.9. The smallest absolute Gasteiger partial charge is 0.417 e. The summed E-state index contributed by atoms with van der Waals surface area (Å²) in [6, 6.07) is 9.89. The summed E-state index contributed by atoms with van der Waals surface area (Å²) in [5.74, 6) is 1.24. The molecule has 0 spiro atoms. The Labute approximate surface area is 176 Å². The molecule has 1 aliphatic rings. The van der Waals surface area contributed by atoms with Gasteiger partial charge in [0.2, 0.25) is 0 Å². The first kappa shape index (κ1) is 21.9. The first-order valence-electron chi connectivity index (χ1n) is 9.38. The minimum absolute atomic E-state index is 0.197. The normalized spacial score (nSPS) is 17.1. The first-order valence-corrected chi connectivity index (χ1v) is 10.2. The zero-order chi connectivity index (χ0) is 20.9. The highest BCUT2D eigenvalue weighted by Gasteiger charge is 2.31. The van der Waals surface area contributed by atoms with Crippen LogP contribution in [0.1, 0.15) is 12.0 Å². The average molecular weight is 474 g/mol. The Morgan fingerprint density at radius 2 is 1.83 bits per heavy atom. The van der Waals surface area contributed by atoms with Crippen molar-refractivity contribution in [1.82, 2.24) is 9.88 Å². The van der Waals surface area contributed by atoms with Crippen LogP contribution < -0.4 is 9.64 Å².